The van der Waals surface area contributed by atoms with Crippen molar-refractivity contribution in [3.05, 3.63) is 22.2 Å². The van der Waals surface area contributed by atoms with Crippen LogP contribution in [0.25, 0.3) is 0 Å². The van der Waals surface area contributed by atoms with Gasteiger partial charge in [0.25, 0.3) is 0 Å². The molecule has 0 aliphatic rings. The Balaban J connectivity index is 2.84. The van der Waals surface area contributed by atoms with Gasteiger partial charge in [-0.15, -0.1) is 0 Å². The molecule has 1 rings (SSSR count). The standard InChI is InChI=1S/C9H15N5O4S/c1-10-8-4-3-7(14(15)16)9(13-8)12-5-6-19(17,18)11-2/h3-4,11H,5-6H2,1-2H3,(H2,10,12,13). The minimum atomic E-state index is -3.36. The van der Waals surface area contributed by atoms with Crippen molar-refractivity contribution in [2.24, 2.45) is 0 Å². The monoisotopic (exact) mass is 289 g/mol. The van der Waals surface area contributed by atoms with E-state index in [1.807, 2.05) is 0 Å². The predicted molar refractivity (Wildman–Crippen MR) is 71.8 cm³/mol. The van der Waals surface area contributed by atoms with Crippen molar-refractivity contribution in [2.45, 2.75) is 0 Å². The molecule has 0 saturated heterocycles. The molecular weight excluding hydrogens is 274 g/mol. The molecule has 0 spiro atoms. The molecule has 1 heterocycles. The van der Waals surface area contributed by atoms with Crippen molar-refractivity contribution >= 4 is 27.3 Å². The first-order valence-corrected chi connectivity index (χ1v) is 7.03. The van der Waals surface area contributed by atoms with Gasteiger partial charge in [0.1, 0.15) is 5.82 Å². The van der Waals surface area contributed by atoms with Gasteiger partial charge in [-0.3, -0.25) is 10.1 Å². The zero-order valence-electron chi connectivity index (χ0n) is 10.5. The molecule has 0 aliphatic heterocycles. The molecule has 0 saturated carbocycles. The number of nitrogens with one attached hydrogen (secondary N) is 3. The first-order valence-electron chi connectivity index (χ1n) is 5.38. The largest absolute Gasteiger partial charge is 0.373 e. The summed E-state index contributed by atoms with van der Waals surface area (Å²) in [7, 11) is -0.433. The lowest BCUT2D eigenvalue weighted by molar-refractivity contribution is -0.384. The van der Waals surface area contributed by atoms with Crippen LogP contribution in [-0.2, 0) is 10.0 Å². The van der Waals surface area contributed by atoms with Crippen LogP contribution in [0.4, 0.5) is 17.3 Å². The molecule has 1 aromatic heterocycles. The first-order chi connectivity index (χ1) is 8.89. The van der Waals surface area contributed by atoms with E-state index in [0.29, 0.717) is 5.82 Å². The Bertz CT molecular complexity index is 560. The van der Waals surface area contributed by atoms with Crippen LogP contribution in [0.1, 0.15) is 0 Å². The molecular formula is C9H15N5O4S. The SMILES string of the molecule is CNc1ccc([N+](=O)[O-])c(NCCS(=O)(=O)NC)n1. The maximum Gasteiger partial charge on any atom is 0.311 e. The van der Waals surface area contributed by atoms with Crippen LogP contribution in [0.3, 0.4) is 0 Å². The Labute approximate surface area is 110 Å². The number of hydrogen-bond donors (Lipinski definition) is 3. The van der Waals surface area contributed by atoms with Gasteiger partial charge in [-0.2, -0.15) is 0 Å². The number of aromatic nitrogens is 1. The molecule has 9 nitrogen and oxygen atoms in total. The van der Waals surface area contributed by atoms with Gasteiger partial charge in [-0.25, -0.2) is 18.1 Å². The number of sulfonamides is 1. The van der Waals surface area contributed by atoms with Gasteiger partial charge < -0.3 is 10.6 Å². The van der Waals surface area contributed by atoms with E-state index in [1.54, 1.807) is 7.05 Å². The highest BCUT2D eigenvalue weighted by atomic mass is 32.2. The summed E-state index contributed by atoms with van der Waals surface area (Å²) in [4.78, 5) is 14.2. The summed E-state index contributed by atoms with van der Waals surface area (Å²) in [5, 5.41) is 16.2. The zero-order valence-corrected chi connectivity index (χ0v) is 11.3. The van der Waals surface area contributed by atoms with E-state index >= 15 is 0 Å². The minimum absolute atomic E-state index is 0.0180. The quantitative estimate of drug-likeness (QED) is 0.476. The third-order valence-corrected chi connectivity index (χ3v) is 3.66. The van der Waals surface area contributed by atoms with Crippen LogP contribution in [0.2, 0.25) is 0 Å². The van der Waals surface area contributed by atoms with E-state index in [0.717, 1.165) is 0 Å². The highest BCUT2D eigenvalue weighted by molar-refractivity contribution is 7.89. The van der Waals surface area contributed by atoms with E-state index in [2.05, 4.69) is 20.3 Å². The smallest absolute Gasteiger partial charge is 0.311 e. The van der Waals surface area contributed by atoms with E-state index < -0.39 is 14.9 Å². The third kappa shape index (κ3) is 4.34. The summed E-state index contributed by atoms with van der Waals surface area (Å²) < 4.78 is 24.6. The molecule has 0 aliphatic carbocycles. The highest BCUT2D eigenvalue weighted by Crippen LogP contribution is 2.23. The Hall–Kier alpha value is -1.94. The summed E-state index contributed by atoms with van der Waals surface area (Å²) in [6, 6.07) is 2.77. The first kappa shape index (κ1) is 15.1. The van der Waals surface area contributed by atoms with Gasteiger partial charge in [-0.1, -0.05) is 0 Å². The molecule has 0 unspecified atom stereocenters. The predicted octanol–water partition coefficient (Wildman–Crippen LogP) is -0.00740. The van der Waals surface area contributed by atoms with Crippen LogP contribution in [0, 0.1) is 10.1 Å². The summed E-state index contributed by atoms with van der Waals surface area (Å²) in [5.41, 5.74) is -0.208. The van der Waals surface area contributed by atoms with Crippen LogP contribution >= 0.6 is 0 Å². The second-order valence-electron chi connectivity index (χ2n) is 3.52. The Kier molecular flexibility index (Phi) is 5.01. The number of hydrogen-bond acceptors (Lipinski definition) is 7. The van der Waals surface area contributed by atoms with E-state index in [-0.39, 0.29) is 23.8 Å². The second-order valence-corrected chi connectivity index (χ2v) is 5.57. The van der Waals surface area contributed by atoms with Crippen LogP contribution < -0.4 is 15.4 Å². The molecule has 0 fully saturated rings. The second kappa shape index (κ2) is 6.29. The molecule has 10 heteroatoms. The average Bonchev–Trinajstić information content (AvgIpc) is 2.38. The fourth-order valence-electron chi connectivity index (χ4n) is 1.27. The maximum atomic E-state index is 11.2. The van der Waals surface area contributed by atoms with Crippen molar-refractivity contribution in [3.63, 3.8) is 0 Å². The van der Waals surface area contributed by atoms with Crippen LogP contribution in [-0.4, -0.2) is 44.7 Å². The lowest BCUT2D eigenvalue weighted by atomic mass is 10.3. The molecule has 106 valence electrons. The highest BCUT2D eigenvalue weighted by Gasteiger charge is 2.16. The molecule has 0 radical (unpaired) electrons. The van der Waals surface area contributed by atoms with Crippen molar-refractivity contribution in [1.29, 1.82) is 0 Å². The number of rotatable bonds is 7. The van der Waals surface area contributed by atoms with Crippen LogP contribution in [0.5, 0.6) is 0 Å². The molecule has 1 aromatic rings. The third-order valence-electron chi connectivity index (χ3n) is 2.30. The molecule has 0 atom stereocenters. The normalized spacial score (nSPS) is 11.1. The van der Waals surface area contributed by atoms with Crippen LogP contribution in [0.15, 0.2) is 12.1 Å². The summed E-state index contributed by atoms with van der Waals surface area (Å²) >= 11 is 0. The molecule has 19 heavy (non-hydrogen) atoms. The van der Waals surface area contributed by atoms with Gasteiger partial charge in [0, 0.05) is 19.7 Å². The Morgan fingerprint density at radius 3 is 2.58 bits per heavy atom. The van der Waals surface area contributed by atoms with Crippen molar-refractivity contribution in [2.75, 3.05) is 37.0 Å². The van der Waals surface area contributed by atoms with Crippen molar-refractivity contribution < 1.29 is 13.3 Å². The maximum absolute atomic E-state index is 11.2. The number of nitrogens with zero attached hydrogens (tertiary/aromatic N) is 2. The molecule has 0 bridgehead atoms. The lowest BCUT2D eigenvalue weighted by Crippen LogP contribution is -2.26. The van der Waals surface area contributed by atoms with Gasteiger partial charge in [0.15, 0.2) is 0 Å². The fourth-order valence-corrected chi connectivity index (χ4v) is 1.85. The summed E-state index contributed by atoms with van der Waals surface area (Å²) in [6.45, 7) is 0.0180. The Morgan fingerprint density at radius 1 is 1.37 bits per heavy atom. The summed E-state index contributed by atoms with van der Waals surface area (Å²) in [5.74, 6) is 0.277. The molecule has 0 aromatic carbocycles. The number of pyridine rings is 1. The Morgan fingerprint density at radius 2 is 2.05 bits per heavy atom. The van der Waals surface area contributed by atoms with Gasteiger partial charge in [0.2, 0.25) is 15.8 Å². The number of anilines is 2. The van der Waals surface area contributed by atoms with Gasteiger partial charge in [-0.05, 0) is 13.1 Å². The van der Waals surface area contributed by atoms with E-state index in [1.165, 1.54) is 19.2 Å². The lowest BCUT2D eigenvalue weighted by Gasteiger charge is -2.08. The minimum Gasteiger partial charge on any atom is -0.373 e. The molecule has 0 amide bonds. The topological polar surface area (TPSA) is 126 Å². The van der Waals surface area contributed by atoms with Gasteiger partial charge in [0.05, 0.1) is 10.7 Å². The van der Waals surface area contributed by atoms with E-state index in [9.17, 15) is 18.5 Å². The summed E-state index contributed by atoms with van der Waals surface area (Å²) in [6.07, 6.45) is 0. The fraction of sp³-hybridized carbons (Fsp3) is 0.444. The van der Waals surface area contributed by atoms with Crippen molar-refractivity contribution in [3.8, 4) is 0 Å². The number of nitro groups is 1. The van der Waals surface area contributed by atoms with E-state index in [4.69, 9.17) is 0 Å². The van der Waals surface area contributed by atoms with Gasteiger partial charge >= 0.3 is 5.69 Å². The zero-order chi connectivity index (χ0) is 14.5. The van der Waals surface area contributed by atoms with Crippen molar-refractivity contribution in [1.82, 2.24) is 9.71 Å². The average molecular weight is 289 g/mol. The molecule has 3 N–H and O–H groups in total.